The van der Waals surface area contributed by atoms with E-state index < -0.39 is 5.97 Å². The number of para-hydroxylation sites is 1. The monoisotopic (exact) mass is 199 g/mol. The van der Waals surface area contributed by atoms with Crippen molar-refractivity contribution in [3.8, 4) is 0 Å². The van der Waals surface area contributed by atoms with Crippen molar-refractivity contribution in [3.63, 3.8) is 0 Å². The lowest BCUT2D eigenvalue weighted by Crippen LogP contribution is -1.99. The first-order chi connectivity index (χ1) is 7.22. The molecule has 0 aliphatic rings. The molecule has 0 atom stereocenters. The van der Waals surface area contributed by atoms with Gasteiger partial charge < -0.3 is 5.11 Å². The Labute approximate surface area is 86.7 Å². The number of aromatic carboxylic acids is 1. The molecule has 0 saturated heterocycles. The number of hydrogen-bond acceptors (Lipinski definition) is 2. The molecule has 0 unspecified atom stereocenters. The summed E-state index contributed by atoms with van der Waals surface area (Å²) in [5.41, 5.74) is 1.51. The summed E-state index contributed by atoms with van der Waals surface area (Å²) in [6, 6.07) is 8.68. The quantitative estimate of drug-likeness (QED) is 0.808. The average Bonchev–Trinajstić information content (AvgIpc) is 2.27. The summed E-state index contributed by atoms with van der Waals surface area (Å²) in [6.07, 6.45) is 1.54. The topological polar surface area (TPSA) is 50.2 Å². The fourth-order valence-corrected chi connectivity index (χ4v) is 1.48. The molecule has 2 aromatic rings. The van der Waals surface area contributed by atoms with Gasteiger partial charge in [-0.3, -0.25) is 0 Å². The summed E-state index contributed by atoms with van der Waals surface area (Å²) in [5, 5.41) is 9.69. The zero-order valence-electron chi connectivity index (χ0n) is 7.97. The Bertz CT molecular complexity index is 546. The van der Waals surface area contributed by atoms with Gasteiger partial charge in [-0.2, -0.15) is 0 Å². The molecule has 0 saturated carbocycles. The Morgan fingerprint density at radius 1 is 1.40 bits per heavy atom. The molecule has 74 valence electrons. The zero-order chi connectivity index (χ0) is 10.8. The van der Waals surface area contributed by atoms with E-state index in [1.165, 1.54) is 6.07 Å². The lowest BCUT2D eigenvalue weighted by Gasteiger charge is -2.03. The molecule has 0 radical (unpaired) electrons. The molecule has 0 aliphatic heterocycles. The number of hydrogen-bond donors (Lipinski definition) is 1. The van der Waals surface area contributed by atoms with Gasteiger partial charge >= 0.3 is 5.97 Å². The maximum absolute atomic E-state index is 11.0. The van der Waals surface area contributed by atoms with Gasteiger partial charge in [0.2, 0.25) is 0 Å². The Morgan fingerprint density at radius 3 is 2.80 bits per heavy atom. The van der Waals surface area contributed by atoms with Crippen LogP contribution < -0.4 is 0 Å². The van der Waals surface area contributed by atoms with Crippen LogP contribution in [0.15, 0.2) is 36.9 Å². The van der Waals surface area contributed by atoms with Crippen LogP contribution >= 0.6 is 0 Å². The first-order valence-electron chi connectivity index (χ1n) is 4.48. The third-order valence-electron chi connectivity index (χ3n) is 2.18. The van der Waals surface area contributed by atoms with Crippen LogP contribution in [0.2, 0.25) is 0 Å². The number of rotatable bonds is 2. The molecule has 1 aromatic heterocycles. The van der Waals surface area contributed by atoms with Crippen LogP contribution in [0.1, 0.15) is 16.1 Å². The second-order valence-electron chi connectivity index (χ2n) is 3.12. The van der Waals surface area contributed by atoms with Crippen LogP contribution in [0.25, 0.3) is 17.0 Å². The summed E-state index contributed by atoms with van der Waals surface area (Å²) >= 11 is 0. The number of pyridine rings is 1. The number of aromatic nitrogens is 1. The van der Waals surface area contributed by atoms with Crippen molar-refractivity contribution in [1.82, 2.24) is 4.98 Å². The van der Waals surface area contributed by atoms with Crippen LogP contribution in [0.4, 0.5) is 0 Å². The minimum atomic E-state index is -0.947. The highest BCUT2D eigenvalue weighted by Gasteiger charge is 2.09. The largest absolute Gasteiger partial charge is 0.478 e. The van der Waals surface area contributed by atoms with Gasteiger partial charge in [0, 0.05) is 5.39 Å². The lowest BCUT2D eigenvalue weighted by atomic mass is 10.1. The minimum absolute atomic E-state index is 0.260. The first kappa shape index (κ1) is 9.40. The summed E-state index contributed by atoms with van der Waals surface area (Å²) < 4.78 is 0. The van der Waals surface area contributed by atoms with Gasteiger partial charge in [0.25, 0.3) is 0 Å². The van der Waals surface area contributed by atoms with Crippen LogP contribution in [0, 0.1) is 0 Å². The molecular weight excluding hydrogens is 190 g/mol. The Hall–Kier alpha value is -2.16. The van der Waals surface area contributed by atoms with E-state index in [2.05, 4.69) is 11.6 Å². The Balaban J connectivity index is 2.86. The second-order valence-corrected chi connectivity index (χ2v) is 3.12. The van der Waals surface area contributed by atoms with Crippen molar-refractivity contribution in [2.75, 3.05) is 0 Å². The average molecular weight is 199 g/mol. The highest BCUT2D eigenvalue weighted by atomic mass is 16.4. The molecule has 1 N–H and O–H groups in total. The van der Waals surface area contributed by atoms with Gasteiger partial charge in [-0.05, 0) is 18.2 Å². The first-order valence-corrected chi connectivity index (χ1v) is 4.48. The normalized spacial score (nSPS) is 10.1. The van der Waals surface area contributed by atoms with Gasteiger partial charge in [-0.1, -0.05) is 24.8 Å². The maximum atomic E-state index is 11.0. The maximum Gasteiger partial charge on any atom is 0.336 e. The van der Waals surface area contributed by atoms with E-state index >= 15 is 0 Å². The molecule has 0 spiro atoms. The molecule has 0 aliphatic carbocycles. The van der Waals surface area contributed by atoms with Crippen molar-refractivity contribution >= 4 is 22.9 Å². The van der Waals surface area contributed by atoms with Gasteiger partial charge in [0.05, 0.1) is 16.8 Å². The highest BCUT2D eigenvalue weighted by molar-refractivity contribution is 6.02. The number of carbonyl (C=O) groups is 1. The molecule has 15 heavy (non-hydrogen) atoms. The Morgan fingerprint density at radius 2 is 2.13 bits per heavy atom. The molecule has 2 rings (SSSR count). The Kier molecular flexibility index (Phi) is 2.21. The number of carboxylic acid groups (broad SMARTS) is 1. The van der Waals surface area contributed by atoms with Crippen LogP contribution in [0.5, 0.6) is 0 Å². The molecule has 1 aromatic carbocycles. The number of fused-ring (bicyclic) bond motifs is 1. The SMILES string of the molecule is C=Cc1cc(C(=O)O)c2ccccc2n1. The molecule has 1 heterocycles. The fraction of sp³-hybridized carbons (Fsp3) is 0. The van der Waals surface area contributed by atoms with Crippen molar-refractivity contribution < 1.29 is 9.90 Å². The van der Waals surface area contributed by atoms with Crippen molar-refractivity contribution in [2.45, 2.75) is 0 Å². The number of nitrogens with zero attached hydrogens (tertiary/aromatic N) is 1. The third kappa shape index (κ3) is 1.59. The predicted molar refractivity (Wildman–Crippen MR) is 58.8 cm³/mol. The zero-order valence-corrected chi connectivity index (χ0v) is 7.97. The highest BCUT2D eigenvalue weighted by Crippen LogP contribution is 2.18. The minimum Gasteiger partial charge on any atom is -0.478 e. The summed E-state index contributed by atoms with van der Waals surface area (Å²) in [6.45, 7) is 3.58. The molecule has 0 bridgehead atoms. The van der Waals surface area contributed by atoms with E-state index in [9.17, 15) is 4.79 Å². The van der Waals surface area contributed by atoms with Gasteiger partial charge in [-0.25, -0.2) is 9.78 Å². The van der Waals surface area contributed by atoms with E-state index in [-0.39, 0.29) is 5.56 Å². The van der Waals surface area contributed by atoms with E-state index in [0.717, 1.165) is 0 Å². The number of carboxylic acids is 1. The molecule has 3 heteroatoms. The van der Waals surface area contributed by atoms with Gasteiger partial charge in [0.1, 0.15) is 0 Å². The van der Waals surface area contributed by atoms with E-state index in [1.54, 1.807) is 24.3 Å². The van der Waals surface area contributed by atoms with Gasteiger partial charge in [-0.15, -0.1) is 0 Å². The molecule has 0 amide bonds. The standard InChI is InChI=1S/C12H9NO2/c1-2-8-7-10(12(14)15)9-5-3-4-6-11(9)13-8/h2-7H,1H2,(H,14,15). The van der Waals surface area contributed by atoms with E-state index in [0.29, 0.717) is 16.6 Å². The van der Waals surface area contributed by atoms with Crippen LogP contribution in [-0.4, -0.2) is 16.1 Å². The smallest absolute Gasteiger partial charge is 0.336 e. The third-order valence-corrected chi connectivity index (χ3v) is 2.18. The molecule has 3 nitrogen and oxygen atoms in total. The molecular formula is C12H9NO2. The second kappa shape index (κ2) is 3.53. The number of benzene rings is 1. The van der Waals surface area contributed by atoms with Crippen molar-refractivity contribution in [3.05, 3.63) is 48.2 Å². The van der Waals surface area contributed by atoms with Crippen LogP contribution in [0.3, 0.4) is 0 Å². The summed E-state index contributed by atoms with van der Waals surface area (Å²) in [7, 11) is 0. The van der Waals surface area contributed by atoms with Crippen LogP contribution in [-0.2, 0) is 0 Å². The van der Waals surface area contributed by atoms with Gasteiger partial charge in [0.15, 0.2) is 0 Å². The molecule has 0 fully saturated rings. The lowest BCUT2D eigenvalue weighted by molar-refractivity contribution is 0.0699. The van der Waals surface area contributed by atoms with Crippen molar-refractivity contribution in [1.29, 1.82) is 0 Å². The van der Waals surface area contributed by atoms with E-state index in [1.807, 2.05) is 6.07 Å². The van der Waals surface area contributed by atoms with Crippen molar-refractivity contribution in [2.24, 2.45) is 0 Å². The fourth-order valence-electron chi connectivity index (χ4n) is 1.48. The predicted octanol–water partition coefficient (Wildman–Crippen LogP) is 2.58. The van der Waals surface area contributed by atoms with E-state index in [4.69, 9.17) is 5.11 Å². The summed E-state index contributed by atoms with van der Waals surface area (Å²) in [5.74, 6) is -0.947. The summed E-state index contributed by atoms with van der Waals surface area (Å²) in [4.78, 5) is 15.3.